The van der Waals surface area contributed by atoms with E-state index in [1.807, 2.05) is 0 Å². The Kier molecular flexibility index (Phi) is 4.49. The van der Waals surface area contributed by atoms with Gasteiger partial charge in [0.05, 0.1) is 16.7 Å². The Labute approximate surface area is 113 Å². The molecule has 0 saturated carbocycles. The molecule has 0 bridgehead atoms. The lowest BCUT2D eigenvalue weighted by atomic mass is 10.2. The Morgan fingerprint density at radius 1 is 1.42 bits per heavy atom. The van der Waals surface area contributed by atoms with Crippen molar-refractivity contribution in [3.63, 3.8) is 0 Å². The zero-order valence-electron chi connectivity index (χ0n) is 9.91. The van der Waals surface area contributed by atoms with Crippen molar-refractivity contribution >= 4 is 27.6 Å². The number of ether oxygens (including phenoxy) is 1. The second kappa shape index (κ2) is 5.40. The van der Waals surface area contributed by atoms with E-state index in [4.69, 9.17) is 21.5 Å². The van der Waals surface area contributed by atoms with E-state index in [-0.39, 0.29) is 0 Å². The van der Waals surface area contributed by atoms with E-state index in [0.717, 1.165) is 0 Å². The third kappa shape index (κ3) is 3.40. The predicted molar refractivity (Wildman–Crippen MR) is 63.3 cm³/mol. The highest BCUT2D eigenvalue weighted by atomic mass is 35.5. The molecular weight excluding hydrogens is 304 g/mol. The van der Waals surface area contributed by atoms with Crippen LogP contribution >= 0.6 is 11.6 Å². The van der Waals surface area contributed by atoms with Gasteiger partial charge in [0.2, 0.25) is 10.0 Å². The van der Waals surface area contributed by atoms with Crippen molar-refractivity contribution in [1.82, 2.24) is 0 Å². The van der Waals surface area contributed by atoms with Crippen molar-refractivity contribution in [2.24, 2.45) is 5.14 Å². The Balaban J connectivity index is 3.54. The molecule has 19 heavy (non-hydrogen) atoms. The summed E-state index contributed by atoms with van der Waals surface area (Å²) in [5, 5.41) is 3.91. The van der Waals surface area contributed by atoms with Gasteiger partial charge < -0.3 is 4.74 Å². The quantitative estimate of drug-likeness (QED) is 0.681. The summed E-state index contributed by atoms with van der Waals surface area (Å²) in [6.45, 7) is 3.04. The summed E-state index contributed by atoms with van der Waals surface area (Å²) in [6, 6.07) is 0.455. The number of rotatable bonds is 3. The SMILES string of the molecule is CC(C)OC(=O)c1cc(F)c(F)c(S(N)(=O)=O)c1Cl. The van der Waals surface area contributed by atoms with E-state index in [9.17, 15) is 22.0 Å². The van der Waals surface area contributed by atoms with Crippen LogP contribution in [-0.4, -0.2) is 20.5 Å². The molecule has 0 heterocycles. The molecule has 1 rings (SSSR count). The first-order valence-corrected chi connectivity index (χ1v) is 6.89. The highest BCUT2D eigenvalue weighted by molar-refractivity contribution is 7.89. The number of benzene rings is 1. The van der Waals surface area contributed by atoms with Crippen LogP contribution in [0.2, 0.25) is 5.02 Å². The molecule has 0 atom stereocenters. The summed E-state index contributed by atoms with van der Waals surface area (Å²) in [6.07, 6.45) is -0.547. The van der Waals surface area contributed by atoms with Crippen LogP contribution in [0.25, 0.3) is 0 Å². The monoisotopic (exact) mass is 313 g/mol. The lowest BCUT2D eigenvalue weighted by Gasteiger charge is -2.12. The number of esters is 1. The lowest BCUT2D eigenvalue weighted by Crippen LogP contribution is -2.19. The van der Waals surface area contributed by atoms with E-state index >= 15 is 0 Å². The average Bonchev–Trinajstić information content (AvgIpc) is 2.20. The average molecular weight is 314 g/mol. The number of halogens is 3. The van der Waals surface area contributed by atoms with Gasteiger partial charge in [-0.15, -0.1) is 0 Å². The predicted octanol–water partition coefficient (Wildman–Crippen LogP) is 1.83. The lowest BCUT2D eigenvalue weighted by molar-refractivity contribution is 0.0377. The Morgan fingerprint density at radius 3 is 2.37 bits per heavy atom. The third-order valence-corrected chi connectivity index (χ3v) is 3.42. The summed E-state index contributed by atoms with van der Waals surface area (Å²) in [5.41, 5.74) is -0.613. The standard InChI is InChI=1S/C10H10ClF2NO4S/c1-4(2)18-10(15)5-3-6(12)8(13)9(7(5)11)19(14,16)17/h3-4H,1-2H3,(H2,14,16,17). The van der Waals surface area contributed by atoms with Crippen LogP contribution in [0.4, 0.5) is 8.78 Å². The number of primary sulfonamides is 1. The fraction of sp³-hybridized carbons (Fsp3) is 0.300. The largest absolute Gasteiger partial charge is 0.459 e. The summed E-state index contributed by atoms with van der Waals surface area (Å²) < 4.78 is 53.7. The van der Waals surface area contributed by atoms with Gasteiger partial charge in [0, 0.05) is 0 Å². The molecule has 0 amide bonds. The molecule has 0 fully saturated rings. The third-order valence-electron chi connectivity index (χ3n) is 1.96. The van der Waals surface area contributed by atoms with Gasteiger partial charge in [-0.05, 0) is 19.9 Å². The molecular formula is C10H10ClF2NO4S. The van der Waals surface area contributed by atoms with Crippen LogP contribution in [0, 0.1) is 11.6 Å². The number of hydrogen-bond donors (Lipinski definition) is 1. The van der Waals surface area contributed by atoms with Crippen LogP contribution in [0.5, 0.6) is 0 Å². The van der Waals surface area contributed by atoms with Gasteiger partial charge in [0.1, 0.15) is 4.90 Å². The van der Waals surface area contributed by atoms with Gasteiger partial charge in [0.15, 0.2) is 11.6 Å². The van der Waals surface area contributed by atoms with Crippen molar-refractivity contribution in [1.29, 1.82) is 0 Å². The van der Waals surface area contributed by atoms with Gasteiger partial charge in [-0.1, -0.05) is 11.6 Å². The van der Waals surface area contributed by atoms with Gasteiger partial charge in [-0.2, -0.15) is 0 Å². The summed E-state index contributed by atoms with van der Waals surface area (Å²) in [4.78, 5) is 10.3. The van der Waals surface area contributed by atoms with E-state index in [0.29, 0.717) is 6.07 Å². The van der Waals surface area contributed by atoms with E-state index < -0.39 is 49.2 Å². The van der Waals surface area contributed by atoms with Crippen molar-refractivity contribution in [3.8, 4) is 0 Å². The molecule has 1 aromatic carbocycles. The molecule has 5 nitrogen and oxygen atoms in total. The first-order chi connectivity index (χ1) is 8.55. The number of sulfonamides is 1. The maximum absolute atomic E-state index is 13.4. The summed E-state index contributed by atoms with van der Waals surface area (Å²) in [5.74, 6) is -4.39. The molecule has 0 aliphatic carbocycles. The van der Waals surface area contributed by atoms with Gasteiger partial charge in [0.25, 0.3) is 0 Å². The van der Waals surface area contributed by atoms with Crippen LogP contribution in [0.1, 0.15) is 24.2 Å². The first kappa shape index (κ1) is 15.8. The number of nitrogens with two attached hydrogens (primary N) is 1. The number of carbonyl (C=O) groups is 1. The number of carbonyl (C=O) groups excluding carboxylic acids is 1. The topological polar surface area (TPSA) is 86.5 Å². The zero-order chi connectivity index (χ0) is 15.0. The molecule has 0 aliphatic heterocycles. The van der Waals surface area contributed by atoms with E-state index in [1.54, 1.807) is 0 Å². The Morgan fingerprint density at radius 2 is 1.95 bits per heavy atom. The van der Waals surface area contributed by atoms with Crippen LogP contribution in [0.3, 0.4) is 0 Å². The normalized spacial score (nSPS) is 11.7. The maximum Gasteiger partial charge on any atom is 0.340 e. The van der Waals surface area contributed by atoms with Gasteiger partial charge in [-0.25, -0.2) is 27.1 Å². The molecule has 0 saturated heterocycles. The fourth-order valence-corrected chi connectivity index (χ4v) is 2.50. The molecule has 1 aromatic rings. The summed E-state index contributed by atoms with van der Waals surface area (Å²) in [7, 11) is -4.63. The molecule has 106 valence electrons. The van der Waals surface area contributed by atoms with Crippen molar-refractivity contribution in [2.75, 3.05) is 0 Å². The van der Waals surface area contributed by atoms with Crippen molar-refractivity contribution in [3.05, 3.63) is 28.3 Å². The molecule has 0 aromatic heterocycles. The Hall–Kier alpha value is -1.25. The minimum atomic E-state index is -4.63. The van der Waals surface area contributed by atoms with Gasteiger partial charge >= 0.3 is 5.97 Å². The molecule has 9 heteroatoms. The van der Waals surface area contributed by atoms with Crippen LogP contribution in [0.15, 0.2) is 11.0 Å². The Bertz CT molecular complexity index is 631. The van der Waals surface area contributed by atoms with Crippen molar-refractivity contribution < 1.29 is 26.7 Å². The van der Waals surface area contributed by atoms with E-state index in [2.05, 4.69) is 0 Å². The maximum atomic E-state index is 13.4. The smallest absolute Gasteiger partial charge is 0.340 e. The molecule has 0 unspecified atom stereocenters. The second-order valence-electron chi connectivity index (χ2n) is 3.86. The molecule has 2 N–H and O–H groups in total. The minimum absolute atomic E-state index is 0.455. The van der Waals surface area contributed by atoms with Crippen LogP contribution < -0.4 is 5.14 Å². The highest BCUT2D eigenvalue weighted by Crippen LogP contribution is 2.30. The van der Waals surface area contributed by atoms with Crippen LogP contribution in [-0.2, 0) is 14.8 Å². The van der Waals surface area contributed by atoms with Crippen molar-refractivity contribution in [2.45, 2.75) is 24.8 Å². The highest BCUT2D eigenvalue weighted by Gasteiger charge is 2.28. The zero-order valence-corrected chi connectivity index (χ0v) is 11.5. The molecule has 0 spiro atoms. The number of hydrogen-bond acceptors (Lipinski definition) is 4. The minimum Gasteiger partial charge on any atom is -0.459 e. The second-order valence-corrected chi connectivity index (χ2v) is 5.74. The van der Waals surface area contributed by atoms with E-state index in [1.165, 1.54) is 13.8 Å². The summed E-state index contributed by atoms with van der Waals surface area (Å²) >= 11 is 5.58. The molecule has 0 aliphatic rings. The van der Waals surface area contributed by atoms with Gasteiger partial charge in [-0.3, -0.25) is 0 Å². The fourth-order valence-electron chi connectivity index (χ4n) is 1.26. The first-order valence-electron chi connectivity index (χ1n) is 4.97. The molecule has 0 radical (unpaired) electrons.